The molecule has 11 nitrogen and oxygen atoms in total. The maximum absolute atomic E-state index is 12.9. The van der Waals surface area contributed by atoms with E-state index >= 15 is 0 Å². The number of fused-ring (bicyclic) bond motifs is 4. The van der Waals surface area contributed by atoms with E-state index in [1.807, 2.05) is 0 Å². The average Bonchev–Trinajstić information content (AvgIpc) is 3.46. The van der Waals surface area contributed by atoms with E-state index < -0.39 is 6.23 Å². The van der Waals surface area contributed by atoms with E-state index in [-0.39, 0.29) is 46.7 Å². The van der Waals surface area contributed by atoms with Crippen molar-refractivity contribution in [3.63, 3.8) is 0 Å². The van der Waals surface area contributed by atoms with E-state index in [1.54, 1.807) is 32.5 Å². The quantitative estimate of drug-likeness (QED) is 0.371. The number of rotatable bonds is 3. The molecule has 4 bridgehead atoms. The molecule has 0 amide bonds. The molecule has 2 aromatic rings. The molecule has 1 fully saturated rings. The Morgan fingerprint density at radius 3 is 3.03 bits per heavy atom. The van der Waals surface area contributed by atoms with Gasteiger partial charge in [0.25, 0.3) is 11.6 Å². The molecule has 13 heteroatoms. The number of ether oxygens (including phenoxy) is 3. The Hall–Kier alpha value is -2.06. The van der Waals surface area contributed by atoms with Crippen molar-refractivity contribution in [2.75, 3.05) is 24.4 Å². The molecule has 0 spiro atoms. The summed E-state index contributed by atoms with van der Waals surface area (Å²) < 4.78 is 20.4. The highest BCUT2D eigenvalue weighted by atomic mass is 33.1. The fourth-order valence-corrected chi connectivity index (χ4v) is 6.96. The van der Waals surface area contributed by atoms with Crippen LogP contribution in [0.5, 0.6) is 0 Å². The average molecular weight is 565 g/mol. The number of nitrogens with zero attached hydrogens (tertiary/aromatic N) is 4. The molecule has 2 unspecified atom stereocenters. The summed E-state index contributed by atoms with van der Waals surface area (Å²) in [5, 5.41) is 12.7. The molecule has 0 radical (unpaired) electrons. The zero-order valence-corrected chi connectivity index (χ0v) is 23.4. The molecule has 2 aromatic heterocycles. The summed E-state index contributed by atoms with van der Waals surface area (Å²) in [5.41, 5.74) is 0.262. The SMILES string of the molecule is CC1(C)CN=C(OC2CC/C=C/CCC2)Nc2nc3c(ncn3[C@H]3C[C@@H](OCSS1)C(CCO)O3)c(=O)[nH]2. The molecular formula is C25H36N6O5S2. The maximum Gasteiger partial charge on any atom is 0.291 e. The number of aromatic nitrogens is 4. The fourth-order valence-electron chi connectivity index (χ4n) is 4.82. The maximum atomic E-state index is 12.9. The Bertz CT molecular complexity index is 1210. The first-order chi connectivity index (χ1) is 18.4. The van der Waals surface area contributed by atoms with Crippen LogP contribution in [0.2, 0.25) is 0 Å². The van der Waals surface area contributed by atoms with Gasteiger partial charge < -0.3 is 19.3 Å². The van der Waals surface area contributed by atoms with Gasteiger partial charge in [0.05, 0.1) is 25.1 Å². The van der Waals surface area contributed by atoms with Crippen LogP contribution >= 0.6 is 21.6 Å². The van der Waals surface area contributed by atoms with Crippen LogP contribution in [0.1, 0.15) is 65.0 Å². The van der Waals surface area contributed by atoms with E-state index in [1.165, 1.54) is 0 Å². The zero-order chi connectivity index (χ0) is 26.5. The number of hydrogen-bond donors (Lipinski definition) is 3. The largest absolute Gasteiger partial charge is 0.462 e. The van der Waals surface area contributed by atoms with Gasteiger partial charge in [-0.15, -0.1) is 0 Å². The number of imidazole rings is 1. The number of aromatic amines is 1. The highest BCUT2D eigenvalue weighted by Gasteiger charge is 2.38. The first-order valence-corrected chi connectivity index (χ1v) is 15.5. The first kappa shape index (κ1) is 27.5. The van der Waals surface area contributed by atoms with Crippen LogP contribution in [0.15, 0.2) is 28.3 Å². The van der Waals surface area contributed by atoms with E-state index in [4.69, 9.17) is 19.2 Å². The molecule has 0 saturated carbocycles. The standard InChI is InChI=1S/C25H36N6O5S2/c1-25(2)13-26-24(35-16-8-6-4-3-5-7-9-16)30-23-28-21-20(22(33)29-23)27-14-31(21)19-12-18(34-15-37-38-25)17(36-19)10-11-32/h3-4,14,16-19,32H,5-13,15H2,1-2H3,(H2,26,28,29,30,33)/b4-3+/t16?,17?,18-,19-/m1/s1. The second-order valence-corrected chi connectivity index (χ2v) is 13.3. The van der Waals surface area contributed by atoms with Gasteiger partial charge in [0.1, 0.15) is 18.3 Å². The monoisotopic (exact) mass is 564 g/mol. The highest BCUT2D eigenvalue weighted by Crippen LogP contribution is 2.39. The normalized spacial score (nSPS) is 29.3. The van der Waals surface area contributed by atoms with Gasteiger partial charge in [-0.1, -0.05) is 33.7 Å². The number of nitrogens with one attached hydrogen (secondary N) is 2. The minimum absolute atomic E-state index is 0.000228. The number of aliphatic hydroxyl groups excluding tert-OH is 1. The number of anilines is 1. The molecule has 1 saturated heterocycles. The second kappa shape index (κ2) is 12.4. The summed E-state index contributed by atoms with van der Waals surface area (Å²) in [5.74, 6) is 0.711. The van der Waals surface area contributed by atoms with Gasteiger partial charge in [-0.2, -0.15) is 4.98 Å². The minimum Gasteiger partial charge on any atom is -0.462 e. The number of hydrogen-bond acceptors (Lipinski definition) is 11. The fraction of sp³-hybridized carbons (Fsp3) is 0.680. The Kier molecular flexibility index (Phi) is 8.99. The van der Waals surface area contributed by atoms with Gasteiger partial charge in [0, 0.05) is 17.8 Å². The van der Waals surface area contributed by atoms with Crippen molar-refractivity contribution in [3.05, 3.63) is 28.8 Å². The van der Waals surface area contributed by atoms with Crippen LogP contribution in [0, 0.1) is 0 Å². The van der Waals surface area contributed by atoms with Crippen molar-refractivity contribution < 1.29 is 19.3 Å². The Labute approximate surface area is 229 Å². The number of aliphatic imine (C=N–C) groups is 1. The lowest BCUT2D eigenvalue weighted by Gasteiger charge is -2.24. The number of aliphatic hydroxyl groups is 1. The van der Waals surface area contributed by atoms with Gasteiger partial charge in [-0.3, -0.25) is 19.7 Å². The van der Waals surface area contributed by atoms with Gasteiger partial charge in [0.2, 0.25) is 5.95 Å². The highest BCUT2D eigenvalue weighted by molar-refractivity contribution is 8.77. The lowest BCUT2D eigenvalue weighted by molar-refractivity contribution is -0.0383. The number of amidine groups is 1. The van der Waals surface area contributed by atoms with Crippen molar-refractivity contribution in [2.24, 2.45) is 4.99 Å². The zero-order valence-electron chi connectivity index (χ0n) is 21.8. The molecule has 0 aromatic carbocycles. The van der Waals surface area contributed by atoms with Gasteiger partial charge in [-0.05, 0) is 52.4 Å². The van der Waals surface area contributed by atoms with Crippen molar-refractivity contribution in [2.45, 2.75) is 88.1 Å². The van der Waals surface area contributed by atoms with Gasteiger partial charge in [0.15, 0.2) is 11.2 Å². The summed E-state index contributed by atoms with van der Waals surface area (Å²) in [6.07, 6.45) is 11.1. The lowest BCUT2D eigenvalue weighted by atomic mass is 10.0. The molecule has 38 heavy (non-hydrogen) atoms. The number of H-pyrrole nitrogens is 1. The van der Waals surface area contributed by atoms with Gasteiger partial charge in [-0.25, -0.2) is 9.98 Å². The summed E-state index contributed by atoms with van der Waals surface area (Å²) >= 11 is 0. The predicted octanol–water partition coefficient (Wildman–Crippen LogP) is 3.98. The van der Waals surface area contributed by atoms with E-state index in [2.05, 4.69) is 46.3 Å². The predicted molar refractivity (Wildman–Crippen MR) is 150 cm³/mol. The van der Waals surface area contributed by atoms with Gasteiger partial charge >= 0.3 is 0 Å². The van der Waals surface area contributed by atoms with Crippen LogP contribution in [0.25, 0.3) is 11.2 Å². The topological polar surface area (TPSA) is 136 Å². The second-order valence-electron chi connectivity index (χ2n) is 10.4. The molecule has 3 aliphatic rings. The summed E-state index contributed by atoms with van der Waals surface area (Å²) in [7, 11) is 3.34. The molecule has 1 aliphatic carbocycles. The molecule has 5 rings (SSSR count). The number of allylic oxidation sites excluding steroid dienone is 2. The molecular weight excluding hydrogens is 528 g/mol. The van der Waals surface area contributed by atoms with E-state index in [0.29, 0.717) is 37.0 Å². The third kappa shape index (κ3) is 6.74. The van der Waals surface area contributed by atoms with Crippen LogP contribution < -0.4 is 10.9 Å². The third-order valence-electron chi connectivity index (χ3n) is 6.78. The van der Waals surface area contributed by atoms with Crippen molar-refractivity contribution in [1.82, 2.24) is 19.5 Å². The summed E-state index contributed by atoms with van der Waals surface area (Å²) in [6.45, 7) is 4.75. The molecule has 4 heterocycles. The first-order valence-electron chi connectivity index (χ1n) is 13.2. The minimum atomic E-state index is -0.418. The van der Waals surface area contributed by atoms with Crippen LogP contribution in [-0.4, -0.2) is 72.8 Å². The molecule has 2 aliphatic heterocycles. The summed E-state index contributed by atoms with van der Waals surface area (Å²) in [4.78, 5) is 29.5. The molecule has 208 valence electrons. The molecule has 4 atom stereocenters. The van der Waals surface area contributed by atoms with Crippen molar-refractivity contribution in [1.29, 1.82) is 0 Å². The van der Waals surface area contributed by atoms with Crippen molar-refractivity contribution >= 4 is 44.7 Å². The van der Waals surface area contributed by atoms with Crippen LogP contribution in [0.4, 0.5) is 5.95 Å². The Morgan fingerprint density at radius 2 is 2.16 bits per heavy atom. The van der Waals surface area contributed by atoms with Crippen LogP contribution in [-0.2, 0) is 14.2 Å². The summed E-state index contributed by atoms with van der Waals surface area (Å²) in [6, 6.07) is 0.343. The Morgan fingerprint density at radius 1 is 1.29 bits per heavy atom. The van der Waals surface area contributed by atoms with E-state index in [9.17, 15) is 9.90 Å². The third-order valence-corrected chi connectivity index (χ3v) is 9.70. The Balaban J connectivity index is 1.48. The molecule has 3 N–H and O–H groups in total. The van der Waals surface area contributed by atoms with Crippen LogP contribution in [0.3, 0.4) is 0 Å². The lowest BCUT2D eigenvalue weighted by Crippen LogP contribution is -2.29. The van der Waals surface area contributed by atoms with Crippen molar-refractivity contribution in [3.8, 4) is 0 Å². The smallest absolute Gasteiger partial charge is 0.291 e. The van der Waals surface area contributed by atoms with E-state index in [0.717, 1.165) is 32.1 Å².